The Morgan fingerprint density at radius 3 is 2.00 bits per heavy atom. The number of benzene rings is 3. The first kappa shape index (κ1) is 20.7. The van der Waals surface area contributed by atoms with Crippen LogP contribution in [0.15, 0.2) is 60.7 Å². The average molecular weight is 408 g/mol. The molecule has 8 heteroatoms. The van der Waals surface area contributed by atoms with E-state index in [1.165, 1.54) is 27.4 Å². The quantitative estimate of drug-likeness (QED) is 0.330. The summed E-state index contributed by atoms with van der Waals surface area (Å²) in [5.41, 5.74) is 1.77. The van der Waals surface area contributed by atoms with Crippen molar-refractivity contribution < 1.29 is 23.9 Å². The molecule has 0 saturated carbocycles. The number of ketones is 1. The molecule has 30 heavy (non-hydrogen) atoms. The molecule has 8 nitrogen and oxygen atoms in total. The van der Waals surface area contributed by atoms with Crippen molar-refractivity contribution >= 4 is 22.8 Å². The molecule has 3 aromatic rings. The Bertz CT molecular complexity index is 1050. The van der Waals surface area contributed by atoms with Crippen molar-refractivity contribution in [1.82, 2.24) is 0 Å². The second kappa shape index (κ2) is 8.95. The molecular weight excluding hydrogens is 388 g/mol. The highest BCUT2D eigenvalue weighted by Gasteiger charge is 2.18. The molecule has 0 atom stereocenters. The van der Waals surface area contributed by atoms with Crippen molar-refractivity contribution in [2.75, 3.05) is 26.6 Å². The van der Waals surface area contributed by atoms with Crippen LogP contribution in [0, 0.1) is 10.1 Å². The van der Waals surface area contributed by atoms with Gasteiger partial charge in [0.05, 0.1) is 26.3 Å². The maximum absolute atomic E-state index is 12.9. The number of nitro benzene ring substituents is 1. The van der Waals surface area contributed by atoms with Gasteiger partial charge in [-0.1, -0.05) is 12.1 Å². The van der Waals surface area contributed by atoms with E-state index in [1.54, 1.807) is 54.6 Å². The lowest BCUT2D eigenvalue weighted by Gasteiger charge is -2.14. The van der Waals surface area contributed by atoms with E-state index in [1.807, 2.05) is 0 Å². The molecule has 0 fully saturated rings. The van der Waals surface area contributed by atoms with Gasteiger partial charge >= 0.3 is 0 Å². The van der Waals surface area contributed by atoms with Crippen LogP contribution in [0.2, 0.25) is 0 Å². The van der Waals surface area contributed by atoms with Gasteiger partial charge in [0.25, 0.3) is 5.69 Å². The predicted molar refractivity (Wildman–Crippen MR) is 112 cm³/mol. The van der Waals surface area contributed by atoms with Crippen LogP contribution >= 0.6 is 0 Å². The van der Waals surface area contributed by atoms with E-state index in [4.69, 9.17) is 14.2 Å². The summed E-state index contributed by atoms with van der Waals surface area (Å²) in [6.07, 6.45) is 0. The molecule has 0 bridgehead atoms. The topological polar surface area (TPSA) is 99.9 Å². The molecule has 154 valence electrons. The summed E-state index contributed by atoms with van der Waals surface area (Å²) in [5, 5.41) is 14.2. The summed E-state index contributed by atoms with van der Waals surface area (Å²) in [7, 11) is 4.45. The lowest BCUT2D eigenvalue weighted by molar-refractivity contribution is -0.383. The van der Waals surface area contributed by atoms with Gasteiger partial charge in [-0.3, -0.25) is 14.9 Å². The van der Waals surface area contributed by atoms with Gasteiger partial charge in [-0.15, -0.1) is 0 Å². The highest BCUT2D eigenvalue weighted by molar-refractivity contribution is 6.09. The minimum absolute atomic E-state index is 0.0323. The Labute approximate surface area is 173 Å². The van der Waals surface area contributed by atoms with Crippen molar-refractivity contribution in [2.24, 2.45) is 0 Å². The van der Waals surface area contributed by atoms with Gasteiger partial charge < -0.3 is 19.5 Å². The first-order valence-electron chi connectivity index (χ1n) is 8.93. The predicted octanol–water partition coefficient (Wildman–Crippen LogP) is 4.60. The molecule has 0 radical (unpaired) electrons. The van der Waals surface area contributed by atoms with Crippen molar-refractivity contribution in [1.29, 1.82) is 0 Å². The van der Waals surface area contributed by atoms with Gasteiger partial charge in [0.15, 0.2) is 17.3 Å². The molecule has 3 rings (SSSR count). The second-order valence-corrected chi connectivity index (χ2v) is 6.22. The molecule has 0 aromatic heterocycles. The smallest absolute Gasteiger partial charge is 0.292 e. The number of nitro groups is 1. The number of nitrogens with one attached hydrogen (secondary N) is 1. The summed E-state index contributed by atoms with van der Waals surface area (Å²) >= 11 is 0. The summed E-state index contributed by atoms with van der Waals surface area (Å²) in [4.78, 5) is 23.6. The summed E-state index contributed by atoms with van der Waals surface area (Å²) < 4.78 is 15.9. The average Bonchev–Trinajstić information content (AvgIpc) is 2.78. The molecule has 3 aromatic carbocycles. The SMILES string of the molecule is COc1cc(C(=O)c2ccc(Nc3ccccc3[N+](=O)[O-])cc2)cc(OC)c1OC. The lowest BCUT2D eigenvalue weighted by Crippen LogP contribution is -2.04. The second-order valence-electron chi connectivity index (χ2n) is 6.22. The van der Waals surface area contributed by atoms with Gasteiger partial charge in [0.1, 0.15) is 5.69 Å². The number of methoxy groups -OCH3 is 3. The van der Waals surface area contributed by atoms with E-state index in [-0.39, 0.29) is 11.5 Å². The fraction of sp³-hybridized carbons (Fsp3) is 0.136. The molecular formula is C22H20N2O6. The Balaban J connectivity index is 1.87. The number of anilines is 2. The van der Waals surface area contributed by atoms with Crippen molar-refractivity contribution in [2.45, 2.75) is 0 Å². The number of ether oxygens (including phenoxy) is 3. The summed E-state index contributed by atoms with van der Waals surface area (Å²) in [6.45, 7) is 0. The Morgan fingerprint density at radius 2 is 1.47 bits per heavy atom. The van der Waals surface area contributed by atoms with Crippen LogP contribution in [0.5, 0.6) is 17.2 Å². The number of rotatable bonds is 8. The third-order valence-corrected chi connectivity index (χ3v) is 4.45. The van der Waals surface area contributed by atoms with Gasteiger partial charge in [0, 0.05) is 22.9 Å². The molecule has 0 spiro atoms. The number of nitrogens with zero attached hydrogens (tertiary/aromatic N) is 1. The van der Waals surface area contributed by atoms with Crippen LogP contribution < -0.4 is 19.5 Å². The van der Waals surface area contributed by atoms with Crippen molar-refractivity contribution in [3.63, 3.8) is 0 Å². The maximum atomic E-state index is 12.9. The number of hydrogen-bond donors (Lipinski definition) is 1. The van der Waals surface area contributed by atoms with Gasteiger partial charge in [-0.25, -0.2) is 0 Å². The fourth-order valence-electron chi connectivity index (χ4n) is 2.98. The molecule has 0 saturated heterocycles. The number of para-hydroxylation sites is 2. The third kappa shape index (κ3) is 4.17. The van der Waals surface area contributed by atoms with Crippen molar-refractivity contribution in [3.8, 4) is 17.2 Å². The number of carbonyl (C=O) groups excluding carboxylic acids is 1. The fourth-order valence-corrected chi connectivity index (χ4v) is 2.98. The zero-order valence-electron chi connectivity index (χ0n) is 16.7. The molecule has 0 aliphatic rings. The zero-order valence-corrected chi connectivity index (χ0v) is 16.7. The van der Waals surface area contributed by atoms with E-state index in [0.717, 1.165) is 0 Å². The van der Waals surface area contributed by atoms with Gasteiger partial charge in [-0.05, 0) is 42.5 Å². The van der Waals surface area contributed by atoms with Crippen LogP contribution in [0.1, 0.15) is 15.9 Å². The minimum atomic E-state index is -0.454. The number of hydrogen-bond acceptors (Lipinski definition) is 7. The molecule has 0 amide bonds. The monoisotopic (exact) mass is 408 g/mol. The first-order valence-corrected chi connectivity index (χ1v) is 8.93. The molecule has 1 N–H and O–H groups in total. The summed E-state index contributed by atoms with van der Waals surface area (Å²) in [5.74, 6) is 0.941. The summed E-state index contributed by atoms with van der Waals surface area (Å²) in [6, 6.07) is 16.2. The molecule has 0 heterocycles. The van der Waals surface area contributed by atoms with Crippen LogP contribution in [0.25, 0.3) is 0 Å². The van der Waals surface area contributed by atoms with E-state index in [0.29, 0.717) is 39.8 Å². The zero-order chi connectivity index (χ0) is 21.7. The van der Waals surface area contributed by atoms with Crippen LogP contribution in [-0.2, 0) is 0 Å². The Hall–Kier alpha value is -4.07. The largest absolute Gasteiger partial charge is 0.493 e. The van der Waals surface area contributed by atoms with E-state index >= 15 is 0 Å². The normalized spacial score (nSPS) is 10.2. The van der Waals surface area contributed by atoms with Crippen molar-refractivity contribution in [3.05, 3.63) is 81.9 Å². The molecule has 0 aliphatic heterocycles. The van der Waals surface area contributed by atoms with Crippen LogP contribution in [-0.4, -0.2) is 32.0 Å². The first-order chi connectivity index (χ1) is 14.5. The maximum Gasteiger partial charge on any atom is 0.292 e. The van der Waals surface area contributed by atoms with E-state index < -0.39 is 4.92 Å². The van der Waals surface area contributed by atoms with Gasteiger partial charge in [0.2, 0.25) is 5.75 Å². The minimum Gasteiger partial charge on any atom is -0.493 e. The van der Waals surface area contributed by atoms with Gasteiger partial charge in [-0.2, -0.15) is 0 Å². The lowest BCUT2D eigenvalue weighted by atomic mass is 10.0. The van der Waals surface area contributed by atoms with Crippen LogP contribution in [0.3, 0.4) is 0 Å². The standard InChI is InChI=1S/C22H20N2O6/c1-28-19-12-15(13-20(29-2)22(19)30-3)21(25)14-8-10-16(11-9-14)23-17-6-4-5-7-18(17)24(26)27/h4-13,23H,1-3H3. The number of carbonyl (C=O) groups is 1. The Kier molecular flexibility index (Phi) is 6.17. The Morgan fingerprint density at radius 1 is 0.867 bits per heavy atom. The van der Waals surface area contributed by atoms with Crippen LogP contribution in [0.4, 0.5) is 17.1 Å². The van der Waals surface area contributed by atoms with E-state index in [9.17, 15) is 14.9 Å². The molecule has 0 unspecified atom stereocenters. The highest BCUT2D eigenvalue weighted by Crippen LogP contribution is 2.38. The molecule has 0 aliphatic carbocycles. The van der Waals surface area contributed by atoms with E-state index in [2.05, 4.69) is 5.32 Å². The third-order valence-electron chi connectivity index (χ3n) is 4.45. The highest BCUT2D eigenvalue weighted by atomic mass is 16.6.